The average molecular weight is 351 g/mol. The van der Waals surface area contributed by atoms with Crippen molar-refractivity contribution in [1.29, 1.82) is 0 Å². The fraction of sp³-hybridized carbons (Fsp3) is 0.200. The first-order valence-electron chi connectivity index (χ1n) is 6.18. The van der Waals surface area contributed by atoms with Gasteiger partial charge in [0.1, 0.15) is 0 Å². The molecule has 0 aliphatic rings. The van der Waals surface area contributed by atoms with Crippen molar-refractivity contribution < 1.29 is 8.78 Å². The molecule has 1 N–H and O–H groups in total. The standard InChI is InChI=1S/C15H12Cl3F2N/c1-21-15(5-8-2-3-10(16)12(18)4-8)9-6-13(19)14(20)7-11(9)17/h2-4,6-7,15,21H,5H2,1H3. The first kappa shape index (κ1) is 16.5. The average Bonchev–Trinajstić information content (AvgIpc) is 2.44. The van der Waals surface area contributed by atoms with Gasteiger partial charge in [-0.2, -0.15) is 0 Å². The molecule has 0 saturated heterocycles. The molecule has 21 heavy (non-hydrogen) atoms. The van der Waals surface area contributed by atoms with Crippen LogP contribution in [0.25, 0.3) is 0 Å². The summed E-state index contributed by atoms with van der Waals surface area (Å²) in [6.07, 6.45) is 0.512. The first-order valence-corrected chi connectivity index (χ1v) is 7.31. The van der Waals surface area contributed by atoms with Crippen molar-refractivity contribution >= 4 is 34.8 Å². The molecule has 0 amide bonds. The predicted molar refractivity (Wildman–Crippen MR) is 83.3 cm³/mol. The summed E-state index contributed by atoms with van der Waals surface area (Å²) >= 11 is 17.9. The summed E-state index contributed by atoms with van der Waals surface area (Å²) < 4.78 is 26.6. The molecule has 0 aliphatic heterocycles. The second kappa shape index (κ2) is 6.93. The molecule has 0 aliphatic carbocycles. The van der Waals surface area contributed by atoms with E-state index >= 15 is 0 Å². The van der Waals surface area contributed by atoms with E-state index in [2.05, 4.69) is 5.32 Å². The van der Waals surface area contributed by atoms with Gasteiger partial charge in [0.25, 0.3) is 0 Å². The first-order chi connectivity index (χ1) is 9.92. The van der Waals surface area contributed by atoms with Crippen LogP contribution in [-0.2, 0) is 6.42 Å². The van der Waals surface area contributed by atoms with E-state index in [9.17, 15) is 8.78 Å². The van der Waals surface area contributed by atoms with Crippen molar-refractivity contribution in [2.24, 2.45) is 0 Å². The van der Waals surface area contributed by atoms with E-state index < -0.39 is 11.6 Å². The highest BCUT2D eigenvalue weighted by molar-refractivity contribution is 6.42. The minimum Gasteiger partial charge on any atom is -0.313 e. The Labute approximate surface area is 136 Å². The molecule has 2 rings (SSSR count). The topological polar surface area (TPSA) is 12.0 Å². The van der Waals surface area contributed by atoms with Crippen LogP contribution in [0.1, 0.15) is 17.2 Å². The van der Waals surface area contributed by atoms with Crippen molar-refractivity contribution in [3.63, 3.8) is 0 Å². The molecule has 1 atom stereocenters. The maximum absolute atomic E-state index is 13.4. The maximum atomic E-state index is 13.4. The number of hydrogen-bond donors (Lipinski definition) is 1. The van der Waals surface area contributed by atoms with Gasteiger partial charge in [-0.05, 0) is 48.9 Å². The third-order valence-corrected chi connectivity index (χ3v) is 4.25. The molecule has 112 valence electrons. The number of likely N-dealkylation sites (N-methyl/N-ethyl adjacent to an activating group) is 1. The van der Waals surface area contributed by atoms with E-state index in [1.54, 1.807) is 19.2 Å². The van der Waals surface area contributed by atoms with E-state index in [1.807, 2.05) is 6.07 Å². The van der Waals surface area contributed by atoms with Crippen LogP contribution in [0.5, 0.6) is 0 Å². The van der Waals surface area contributed by atoms with Gasteiger partial charge in [0.15, 0.2) is 11.6 Å². The Kier molecular flexibility index (Phi) is 5.44. The van der Waals surface area contributed by atoms with Crippen LogP contribution in [0.4, 0.5) is 8.78 Å². The molecule has 2 aromatic carbocycles. The van der Waals surface area contributed by atoms with Crippen LogP contribution < -0.4 is 5.32 Å². The van der Waals surface area contributed by atoms with Crippen molar-refractivity contribution in [1.82, 2.24) is 5.32 Å². The lowest BCUT2D eigenvalue weighted by atomic mass is 9.98. The van der Waals surface area contributed by atoms with Crippen LogP contribution >= 0.6 is 34.8 Å². The summed E-state index contributed by atoms with van der Waals surface area (Å²) in [4.78, 5) is 0. The van der Waals surface area contributed by atoms with Gasteiger partial charge in [-0.3, -0.25) is 0 Å². The molecule has 1 nitrogen and oxygen atoms in total. The van der Waals surface area contributed by atoms with Gasteiger partial charge < -0.3 is 5.32 Å². The van der Waals surface area contributed by atoms with Crippen molar-refractivity contribution in [3.05, 3.63) is 68.2 Å². The van der Waals surface area contributed by atoms with Crippen molar-refractivity contribution in [2.75, 3.05) is 7.05 Å². The molecule has 0 spiro atoms. The number of benzene rings is 2. The smallest absolute Gasteiger partial charge is 0.160 e. The van der Waals surface area contributed by atoms with Crippen LogP contribution in [0.15, 0.2) is 30.3 Å². The largest absolute Gasteiger partial charge is 0.313 e. The van der Waals surface area contributed by atoms with E-state index in [0.717, 1.165) is 17.7 Å². The van der Waals surface area contributed by atoms with Gasteiger partial charge in [-0.25, -0.2) is 8.78 Å². The van der Waals surface area contributed by atoms with Crippen LogP contribution in [0, 0.1) is 11.6 Å². The highest BCUT2D eigenvalue weighted by Crippen LogP contribution is 2.30. The Balaban J connectivity index is 2.31. The summed E-state index contributed by atoms with van der Waals surface area (Å²) in [5.74, 6) is -1.89. The van der Waals surface area contributed by atoms with E-state index in [1.165, 1.54) is 0 Å². The molecule has 0 bridgehead atoms. The van der Waals surface area contributed by atoms with Crippen molar-refractivity contribution in [2.45, 2.75) is 12.5 Å². The van der Waals surface area contributed by atoms with Crippen LogP contribution in [0.2, 0.25) is 15.1 Å². The Morgan fingerprint density at radius 2 is 1.62 bits per heavy atom. The van der Waals surface area contributed by atoms with Gasteiger partial charge in [0.2, 0.25) is 0 Å². The summed E-state index contributed by atoms with van der Waals surface area (Å²) in [7, 11) is 1.72. The van der Waals surface area contributed by atoms with Crippen LogP contribution in [-0.4, -0.2) is 7.05 Å². The zero-order valence-corrected chi connectivity index (χ0v) is 13.3. The molecular formula is C15H12Cl3F2N. The Morgan fingerprint density at radius 3 is 2.24 bits per heavy atom. The number of hydrogen-bond acceptors (Lipinski definition) is 1. The highest BCUT2D eigenvalue weighted by Gasteiger charge is 2.17. The van der Waals surface area contributed by atoms with Gasteiger partial charge in [-0.1, -0.05) is 40.9 Å². The van der Waals surface area contributed by atoms with Crippen LogP contribution in [0.3, 0.4) is 0 Å². The maximum Gasteiger partial charge on any atom is 0.160 e. The third-order valence-electron chi connectivity index (χ3n) is 3.19. The molecule has 0 fully saturated rings. The van der Waals surface area contributed by atoms with E-state index in [-0.39, 0.29) is 11.1 Å². The quantitative estimate of drug-likeness (QED) is 0.725. The molecule has 0 saturated carbocycles. The zero-order chi connectivity index (χ0) is 15.6. The van der Waals surface area contributed by atoms with E-state index in [4.69, 9.17) is 34.8 Å². The Morgan fingerprint density at radius 1 is 0.952 bits per heavy atom. The minimum atomic E-state index is -0.965. The monoisotopic (exact) mass is 349 g/mol. The Bertz CT molecular complexity index is 662. The summed E-state index contributed by atoms with van der Waals surface area (Å²) in [6.45, 7) is 0. The summed E-state index contributed by atoms with van der Waals surface area (Å²) in [5, 5.41) is 4.12. The molecule has 1 unspecified atom stereocenters. The molecule has 0 aromatic heterocycles. The fourth-order valence-electron chi connectivity index (χ4n) is 2.07. The lowest BCUT2D eigenvalue weighted by molar-refractivity contribution is 0.501. The SMILES string of the molecule is CNC(Cc1ccc(Cl)c(Cl)c1)c1cc(F)c(F)cc1Cl. The van der Waals surface area contributed by atoms with Crippen molar-refractivity contribution in [3.8, 4) is 0 Å². The normalized spacial score (nSPS) is 12.5. The summed E-state index contributed by atoms with van der Waals surface area (Å²) in [6, 6.07) is 7.07. The summed E-state index contributed by atoms with van der Waals surface area (Å²) in [5.41, 5.74) is 1.40. The Hall–Kier alpha value is -0.870. The number of halogens is 5. The number of rotatable bonds is 4. The highest BCUT2D eigenvalue weighted by atomic mass is 35.5. The van der Waals surface area contributed by atoms with E-state index in [0.29, 0.717) is 22.0 Å². The molecule has 0 radical (unpaired) electrons. The minimum absolute atomic E-state index is 0.174. The molecule has 6 heteroatoms. The van der Waals surface area contributed by atoms with Gasteiger partial charge in [0, 0.05) is 11.1 Å². The third kappa shape index (κ3) is 3.86. The number of nitrogens with one attached hydrogen (secondary N) is 1. The zero-order valence-electron chi connectivity index (χ0n) is 11.1. The van der Waals surface area contributed by atoms with Gasteiger partial charge in [0.05, 0.1) is 10.0 Å². The van der Waals surface area contributed by atoms with Gasteiger partial charge in [-0.15, -0.1) is 0 Å². The predicted octanol–water partition coefficient (Wildman–Crippen LogP) is 5.43. The molecular weight excluding hydrogens is 339 g/mol. The second-order valence-electron chi connectivity index (χ2n) is 4.58. The second-order valence-corrected chi connectivity index (χ2v) is 5.80. The molecule has 0 heterocycles. The molecule has 2 aromatic rings. The lowest BCUT2D eigenvalue weighted by Gasteiger charge is -2.19. The lowest BCUT2D eigenvalue weighted by Crippen LogP contribution is -2.19. The van der Waals surface area contributed by atoms with Gasteiger partial charge >= 0.3 is 0 Å². The fourth-order valence-corrected chi connectivity index (χ4v) is 2.68.